The second kappa shape index (κ2) is 7.46. The van der Waals surface area contributed by atoms with Crippen LogP contribution in [0, 0.1) is 20.8 Å². The minimum Gasteiger partial charge on any atom is -0.306 e. The summed E-state index contributed by atoms with van der Waals surface area (Å²) in [4.78, 5) is 9.90. The lowest BCUT2D eigenvalue weighted by atomic mass is 10.2. The van der Waals surface area contributed by atoms with Gasteiger partial charge in [0.15, 0.2) is 0 Å². The predicted octanol–water partition coefficient (Wildman–Crippen LogP) is 4.72. The largest absolute Gasteiger partial charge is 0.306 e. The summed E-state index contributed by atoms with van der Waals surface area (Å²) < 4.78 is 30.0. The molecule has 8 heteroatoms. The van der Waals surface area contributed by atoms with E-state index in [4.69, 9.17) is 0 Å². The van der Waals surface area contributed by atoms with E-state index < -0.39 is 10.0 Å². The zero-order valence-corrected chi connectivity index (χ0v) is 17.9. The van der Waals surface area contributed by atoms with E-state index in [1.54, 1.807) is 41.9 Å². The Morgan fingerprint density at radius 3 is 2.21 bits per heavy atom. The van der Waals surface area contributed by atoms with Gasteiger partial charge in [0.25, 0.3) is 10.0 Å². The number of thiazole rings is 1. The number of aromatic nitrogens is 3. The second-order valence-electron chi connectivity index (χ2n) is 6.75. The molecule has 0 aliphatic carbocycles. The van der Waals surface area contributed by atoms with Gasteiger partial charge in [0.05, 0.1) is 32.5 Å². The van der Waals surface area contributed by atoms with Crippen LogP contribution in [0.15, 0.2) is 66.0 Å². The SMILES string of the molecule is Cc1cn(-c2ccc(NS(=O)(=O)c3ccc(-c4sc(C)nc4C)cc3)cc2)cn1. The molecule has 4 rings (SSSR count). The molecule has 2 heterocycles. The van der Waals surface area contributed by atoms with Crippen molar-refractivity contribution in [2.45, 2.75) is 25.7 Å². The van der Waals surface area contributed by atoms with E-state index in [1.165, 1.54) is 0 Å². The lowest BCUT2D eigenvalue weighted by Crippen LogP contribution is -2.12. The molecule has 4 aromatic rings. The van der Waals surface area contributed by atoms with Crippen LogP contribution in [0.3, 0.4) is 0 Å². The maximum Gasteiger partial charge on any atom is 0.261 e. The number of nitrogens with one attached hydrogen (secondary N) is 1. The van der Waals surface area contributed by atoms with Gasteiger partial charge >= 0.3 is 0 Å². The Balaban J connectivity index is 1.53. The molecule has 0 radical (unpaired) electrons. The van der Waals surface area contributed by atoms with E-state index in [2.05, 4.69) is 14.7 Å². The molecular weight excluding hydrogens is 404 g/mol. The average molecular weight is 425 g/mol. The normalized spacial score (nSPS) is 11.6. The summed E-state index contributed by atoms with van der Waals surface area (Å²) in [5, 5.41) is 0.991. The van der Waals surface area contributed by atoms with E-state index in [0.29, 0.717) is 5.69 Å². The highest BCUT2D eigenvalue weighted by Gasteiger charge is 2.15. The highest BCUT2D eigenvalue weighted by molar-refractivity contribution is 7.92. The number of benzene rings is 2. The van der Waals surface area contributed by atoms with E-state index in [1.807, 2.05) is 55.8 Å². The van der Waals surface area contributed by atoms with Crippen molar-refractivity contribution in [2.75, 3.05) is 4.72 Å². The Kier molecular flexibility index (Phi) is 4.97. The van der Waals surface area contributed by atoms with Crippen molar-refractivity contribution in [2.24, 2.45) is 0 Å². The molecule has 0 atom stereocenters. The van der Waals surface area contributed by atoms with Crippen molar-refractivity contribution in [3.8, 4) is 16.1 Å². The number of anilines is 1. The number of sulfonamides is 1. The Morgan fingerprint density at radius 2 is 1.66 bits per heavy atom. The first kappa shape index (κ1) is 19.4. The molecule has 0 saturated heterocycles. The maximum atomic E-state index is 12.7. The van der Waals surface area contributed by atoms with E-state index in [0.717, 1.165) is 32.5 Å². The van der Waals surface area contributed by atoms with Crippen LogP contribution < -0.4 is 4.72 Å². The minimum atomic E-state index is -3.67. The van der Waals surface area contributed by atoms with Gasteiger partial charge in [0.1, 0.15) is 0 Å². The maximum absolute atomic E-state index is 12.7. The number of hydrogen-bond acceptors (Lipinski definition) is 5. The van der Waals surface area contributed by atoms with Crippen molar-refractivity contribution >= 4 is 27.0 Å². The Morgan fingerprint density at radius 1 is 0.966 bits per heavy atom. The van der Waals surface area contributed by atoms with E-state index in [9.17, 15) is 8.42 Å². The summed E-state index contributed by atoms with van der Waals surface area (Å²) in [6, 6.07) is 14.0. The van der Waals surface area contributed by atoms with Crippen LogP contribution in [0.25, 0.3) is 16.1 Å². The molecule has 148 valence electrons. The van der Waals surface area contributed by atoms with Gasteiger partial charge in [0.2, 0.25) is 0 Å². The first-order chi connectivity index (χ1) is 13.8. The standard InChI is InChI=1S/C21H20N4O2S2/c1-14-12-25(13-22-14)19-8-6-18(7-9-19)24-29(26,27)20-10-4-17(5-11-20)21-15(2)23-16(3)28-21/h4-13,24H,1-3H3. The molecule has 0 saturated carbocycles. The molecule has 0 bridgehead atoms. The number of imidazole rings is 1. The van der Waals surface area contributed by atoms with Gasteiger partial charge in [-0.3, -0.25) is 4.72 Å². The Labute approximate surface area is 174 Å². The molecular formula is C21H20N4O2S2. The third kappa shape index (κ3) is 4.08. The first-order valence-corrected chi connectivity index (χ1v) is 11.3. The molecule has 0 spiro atoms. The van der Waals surface area contributed by atoms with E-state index in [-0.39, 0.29) is 4.90 Å². The van der Waals surface area contributed by atoms with Crippen LogP contribution in [0.2, 0.25) is 0 Å². The van der Waals surface area contributed by atoms with Gasteiger partial charge in [-0.05, 0) is 62.7 Å². The van der Waals surface area contributed by atoms with Crippen molar-refractivity contribution in [3.05, 3.63) is 77.5 Å². The number of aryl methyl sites for hydroxylation is 3. The summed E-state index contributed by atoms with van der Waals surface area (Å²) in [5.74, 6) is 0. The first-order valence-electron chi connectivity index (χ1n) is 9.00. The molecule has 2 aromatic heterocycles. The zero-order chi connectivity index (χ0) is 20.6. The third-order valence-electron chi connectivity index (χ3n) is 4.46. The number of rotatable bonds is 5. The highest BCUT2D eigenvalue weighted by Crippen LogP contribution is 2.30. The summed E-state index contributed by atoms with van der Waals surface area (Å²) in [7, 11) is -3.67. The fourth-order valence-electron chi connectivity index (χ4n) is 3.06. The predicted molar refractivity (Wildman–Crippen MR) is 116 cm³/mol. The van der Waals surface area contributed by atoms with Gasteiger partial charge in [0, 0.05) is 17.6 Å². The third-order valence-corrected chi connectivity index (χ3v) is 6.98. The van der Waals surface area contributed by atoms with Gasteiger partial charge < -0.3 is 4.57 Å². The molecule has 0 aliphatic rings. The van der Waals surface area contributed by atoms with E-state index >= 15 is 0 Å². The smallest absolute Gasteiger partial charge is 0.261 e. The monoisotopic (exact) mass is 424 g/mol. The van der Waals surface area contributed by atoms with Crippen molar-refractivity contribution < 1.29 is 8.42 Å². The highest BCUT2D eigenvalue weighted by atomic mass is 32.2. The molecule has 0 aliphatic heterocycles. The Hall–Kier alpha value is -2.97. The zero-order valence-electron chi connectivity index (χ0n) is 16.2. The molecule has 1 N–H and O–H groups in total. The fraction of sp³-hybridized carbons (Fsp3) is 0.143. The van der Waals surface area contributed by atoms with Crippen LogP contribution >= 0.6 is 11.3 Å². The van der Waals surface area contributed by atoms with Crippen LogP contribution in [0.4, 0.5) is 5.69 Å². The van der Waals surface area contributed by atoms with Gasteiger partial charge in [-0.15, -0.1) is 11.3 Å². The lowest BCUT2D eigenvalue weighted by molar-refractivity contribution is 0.601. The van der Waals surface area contributed by atoms with Crippen LogP contribution in [0.5, 0.6) is 0 Å². The average Bonchev–Trinajstić information content (AvgIpc) is 3.27. The Bertz CT molecular complexity index is 1260. The summed E-state index contributed by atoms with van der Waals surface area (Å²) in [5.41, 5.74) is 4.25. The molecule has 0 amide bonds. The molecule has 2 aromatic carbocycles. The topological polar surface area (TPSA) is 76.9 Å². The quantitative estimate of drug-likeness (QED) is 0.503. The second-order valence-corrected chi connectivity index (χ2v) is 9.63. The van der Waals surface area contributed by atoms with Crippen LogP contribution in [-0.2, 0) is 10.0 Å². The van der Waals surface area contributed by atoms with Crippen molar-refractivity contribution in [3.63, 3.8) is 0 Å². The molecule has 0 fully saturated rings. The fourth-order valence-corrected chi connectivity index (χ4v) is 5.05. The van der Waals surface area contributed by atoms with Crippen molar-refractivity contribution in [1.82, 2.24) is 14.5 Å². The van der Waals surface area contributed by atoms with Gasteiger partial charge in [-0.1, -0.05) is 12.1 Å². The summed E-state index contributed by atoms with van der Waals surface area (Å²) >= 11 is 1.60. The molecule has 6 nitrogen and oxygen atoms in total. The minimum absolute atomic E-state index is 0.217. The van der Waals surface area contributed by atoms with Crippen LogP contribution in [-0.4, -0.2) is 23.0 Å². The number of nitrogens with zero attached hydrogens (tertiary/aromatic N) is 3. The molecule has 0 unspecified atom stereocenters. The van der Waals surface area contributed by atoms with Gasteiger partial charge in [-0.25, -0.2) is 18.4 Å². The van der Waals surface area contributed by atoms with Gasteiger partial charge in [-0.2, -0.15) is 0 Å². The van der Waals surface area contributed by atoms with Crippen molar-refractivity contribution in [1.29, 1.82) is 0 Å². The lowest BCUT2D eigenvalue weighted by Gasteiger charge is -2.10. The number of hydrogen-bond donors (Lipinski definition) is 1. The molecule has 29 heavy (non-hydrogen) atoms. The summed E-state index contributed by atoms with van der Waals surface area (Å²) in [6.07, 6.45) is 3.63. The van der Waals surface area contributed by atoms with Crippen LogP contribution in [0.1, 0.15) is 16.4 Å². The summed E-state index contributed by atoms with van der Waals surface area (Å²) in [6.45, 7) is 5.84.